The van der Waals surface area contributed by atoms with Gasteiger partial charge >= 0.3 is 0 Å². The largest absolute Gasteiger partial charge is 0.495 e. The minimum absolute atomic E-state index is 0.508. The molecule has 0 bridgehead atoms. The normalized spacial score (nSPS) is 17.5. The smallest absolute Gasteiger partial charge is 0.144 e. The molecule has 0 unspecified atom stereocenters. The van der Waals surface area contributed by atoms with E-state index in [0.717, 1.165) is 11.3 Å². The maximum Gasteiger partial charge on any atom is 0.144 e. The first kappa shape index (κ1) is 12.4. The highest BCUT2D eigenvalue weighted by molar-refractivity contribution is 6.29. The number of aromatic nitrogens is 1. The first-order valence-electron chi connectivity index (χ1n) is 6.17. The molecule has 1 aromatic rings. The average molecular weight is 252 g/mol. The van der Waals surface area contributed by atoms with Crippen molar-refractivity contribution < 1.29 is 4.74 Å². The molecule has 92 valence electrons. The van der Waals surface area contributed by atoms with Crippen molar-refractivity contribution in [2.24, 2.45) is 5.92 Å². The van der Waals surface area contributed by atoms with Gasteiger partial charge in [-0.1, -0.05) is 43.0 Å². The number of allylic oxidation sites excluding steroid dienone is 1. The van der Waals surface area contributed by atoms with E-state index in [0.29, 0.717) is 11.1 Å². The standard InChI is InChI=1S/C14H18ClNO/c1-17-13-10-16-14(15)9-12(13)8-7-11-5-3-2-4-6-11/h7-11H,2-6H2,1H3/b8-7+. The quantitative estimate of drug-likeness (QED) is 0.746. The fourth-order valence-corrected chi connectivity index (χ4v) is 2.47. The first-order chi connectivity index (χ1) is 8.29. The minimum atomic E-state index is 0.508. The number of rotatable bonds is 3. The second-order valence-corrected chi connectivity index (χ2v) is 4.89. The second kappa shape index (κ2) is 6.06. The molecular weight excluding hydrogens is 234 g/mol. The van der Waals surface area contributed by atoms with Crippen LogP contribution in [0.15, 0.2) is 18.3 Å². The Bertz CT molecular complexity index is 397. The zero-order valence-corrected chi connectivity index (χ0v) is 10.9. The number of methoxy groups -OCH3 is 1. The Kier molecular flexibility index (Phi) is 4.43. The molecule has 0 saturated heterocycles. The summed E-state index contributed by atoms with van der Waals surface area (Å²) in [6.07, 6.45) is 12.8. The molecule has 0 atom stereocenters. The Morgan fingerprint density at radius 3 is 2.82 bits per heavy atom. The van der Waals surface area contributed by atoms with E-state index in [1.807, 2.05) is 6.07 Å². The number of hydrogen-bond donors (Lipinski definition) is 0. The molecule has 0 spiro atoms. The van der Waals surface area contributed by atoms with Gasteiger partial charge in [-0.2, -0.15) is 0 Å². The second-order valence-electron chi connectivity index (χ2n) is 4.51. The van der Waals surface area contributed by atoms with Gasteiger partial charge in [0.05, 0.1) is 13.3 Å². The van der Waals surface area contributed by atoms with E-state index < -0.39 is 0 Å². The Morgan fingerprint density at radius 1 is 1.35 bits per heavy atom. The molecule has 0 aromatic carbocycles. The lowest BCUT2D eigenvalue weighted by Gasteiger charge is -2.17. The van der Waals surface area contributed by atoms with Crippen molar-refractivity contribution in [3.05, 3.63) is 29.1 Å². The molecule has 3 heteroatoms. The Morgan fingerprint density at radius 2 is 2.12 bits per heavy atom. The summed E-state index contributed by atoms with van der Waals surface area (Å²) in [6.45, 7) is 0. The number of halogens is 1. The van der Waals surface area contributed by atoms with Crippen LogP contribution in [0.3, 0.4) is 0 Å². The van der Waals surface area contributed by atoms with Gasteiger partial charge in [-0.3, -0.25) is 0 Å². The van der Waals surface area contributed by atoms with Crippen molar-refractivity contribution in [1.82, 2.24) is 4.98 Å². The van der Waals surface area contributed by atoms with Crippen LogP contribution in [0.2, 0.25) is 5.15 Å². The zero-order chi connectivity index (χ0) is 12.1. The van der Waals surface area contributed by atoms with Crippen molar-refractivity contribution in [2.45, 2.75) is 32.1 Å². The van der Waals surface area contributed by atoms with E-state index in [2.05, 4.69) is 17.1 Å². The van der Waals surface area contributed by atoms with E-state index >= 15 is 0 Å². The highest BCUT2D eigenvalue weighted by Crippen LogP contribution is 2.27. The summed E-state index contributed by atoms with van der Waals surface area (Å²) in [5, 5.41) is 0.508. The predicted molar refractivity (Wildman–Crippen MR) is 71.4 cm³/mol. The molecule has 1 heterocycles. The van der Waals surface area contributed by atoms with E-state index in [4.69, 9.17) is 16.3 Å². The van der Waals surface area contributed by atoms with Gasteiger partial charge in [0.2, 0.25) is 0 Å². The lowest BCUT2D eigenvalue weighted by molar-refractivity contribution is 0.411. The Hall–Kier alpha value is -1.02. The number of pyridine rings is 1. The molecule has 1 saturated carbocycles. The molecule has 0 radical (unpaired) electrons. The zero-order valence-electron chi connectivity index (χ0n) is 10.2. The summed E-state index contributed by atoms with van der Waals surface area (Å²) in [5.41, 5.74) is 1.01. The summed E-state index contributed by atoms with van der Waals surface area (Å²) in [4.78, 5) is 4.01. The molecule has 0 aliphatic heterocycles. The SMILES string of the molecule is COc1cnc(Cl)cc1/C=C/C1CCCCC1. The third-order valence-electron chi connectivity index (χ3n) is 3.28. The highest BCUT2D eigenvalue weighted by Gasteiger charge is 2.10. The first-order valence-corrected chi connectivity index (χ1v) is 6.55. The number of hydrogen-bond acceptors (Lipinski definition) is 2. The van der Waals surface area contributed by atoms with Crippen LogP contribution in [-0.2, 0) is 0 Å². The molecule has 17 heavy (non-hydrogen) atoms. The molecule has 1 aromatic heterocycles. The van der Waals surface area contributed by atoms with Gasteiger partial charge < -0.3 is 4.74 Å². The van der Waals surface area contributed by atoms with Gasteiger partial charge in [0.1, 0.15) is 10.9 Å². The van der Waals surface area contributed by atoms with Crippen LogP contribution >= 0.6 is 11.6 Å². The van der Waals surface area contributed by atoms with E-state index in [1.54, 1.807) is 13.3 Å². The summed E-state index contributed by atoms with van der Waals surface area (Å²) in [6, 6.07) is 1.85. The van der Waals surface area contributed by atoms with Crippen LogP contribution in [0.25, 0.3) is 6.08 Å². The monoisotopic (exact) mass is 251 g/mol. The third-order valence-corrected chi connectivity index (χ3v) is 3.49. The van der Waals surface area contributed by atoms with Crippen LogP contribution in [-0.4, -0.2) is 12.1 Å². The Labute approximate surface area is 108 Å². The lowest BCUT2D eigenvalue weighted by Crippen LogP contribution is -2.02. The third kappa shape index (κ3) is 3.47. The Balaban J connectivity index is 2.10. The van der Waals surface area contributed by atoms with E-state index in [1.165, 1.54) is 32.1 Å². The molecule has 2 nitrogen and oxygen atoms in total. The van der Waals surface area contributed by atoms with Crippen molar-refractivity contribution in [3.8, 4) is 5.75 Å². The van der Waals surface area contributed by atoms with E-state index in [9.17, 15) is 0 Å². The van der Waals surface area contributed by atoms with Gasteiger partial charge in [-0.05, 0) is 24.8 Å². The summed E-state index contributed by atoms with van der Waals surface area (Å²) in [7, 11) is 1.66. The van der Waals surface area contributed by atoms with E-state index in [-0.39, 0.29) is 0 Å². The van der Waals surface area contributed by atoms with Crippen LogP contribution in [0.4, 0.5) is 0 Å². The molecule has 1 aliphatic carbocycles. The molecular formula is C14H18ClNO. The summed E-state index contributed by atoms with van der Waals surface area (Å²) in [5.74, 6) is 1.49. The van der Waals surface area contributed by atoms with Crippen molar-refractivity contribution in [3.63, 3.8) is 0 Å². The highest BCUT2D eigenvalue weighted by atomic mass is 35.5. The number of ether oxygens (including phenoxy) is 1. The van der Waals surface area contributed by atoms with Crippen LogP contribution in [0.5, 0.6) is 5.75 Å². The topological polar surface area (TPSA) is 22.1 Å². The fraction of sp³-hybridized carbons (Fsp3) is 0.500. The molecule has 1 fully saturated rings. The van der Waals surface area contributed by atoms with Gasteiger partial charge in [0.15, 0.2) is 0 Å². The predicted octanol–water partition coefficient (Wildman–Crippen LogP) is 4.34. The van der Waals surface area contributed by atoms with Crippen LogP contribution < -0.4 is 4.74 Å². The summed E-state index contributed by atoms with van der Waals surface area (Å²) < 4.78 is 5.27. The van der Waals surface area contributed by atoms with Gasteiger partial charge in [0, 0.05) is 5.56 Å². The minimum Gasteiger partial charge on any atom is -0.495 e. The van der Waals surface area contributed by atoms with Crippen molar-refractivity contribution in [2.75, 3.05) is 7.11 Å². The van der Waals surface area contributed by atoms with Crippen molar-refractivity contribution >= 4 is 17.7 Å². The van der Waals surface area contributed by atoms with Crippen molar-refractivity contribution in [1.29, 1.82) is 0 Å². The molecule has 0 N–H and O–H groups in total. The van der Waals surface area contributed by atoms with Crippen LogP contribution in [0, 0.1) is 5.92 Å². The maximum atomic E-state index is 5.89. The van der Waals surface area contributed by atoms with Gasteiger partial charge in [-0.25, -0.2) is 4.98 Å². The summed E-state index contributed by atoms with van der Waals surface area (Å²) >= 11 is 5.89. The molecule has 0 amide bonds. The molecule has 2 rings (SSSR count). The molecule has 1 aliphatic rings. The van der Waals surface area contributed by atoms with Crippen LogP contribution in [0.1, 0.15) is 37.7 Å². The van der Waals surface area contributed by atoms with Gasteiger partial charge in [0.25, 0.3) is 0 Å². The fourth-order valence-electron chi connectivity index (χ4n) is 2.30. The van der Waals surface area contributed by atoms with Gasteiger partial charge in [-0.15, -0.1) is 0 Å². The number of nitrogens with zero attached hydrogens (tertiary/aromatic N) is 1. The average Bonchev–Trinajstić information content (AvgIpc) is 2.38. The lowest BCUT2D eigenvalue weighted by atomic mass is 9.89. The maximum absolute atomic E-state index is 5.89.